The number of rotatable bonds is 5. The minimum Gasteiger partial charge on any atom is -0.507 e. The average molecular weight is 481 g/mol. The number of anilines is 2. The Morgan fingerprint density at radius 3 is 2.58 bits per heavy atom. The predicted octanol–water partition coefficient (Wildman–Crippen LogP) is -2.57. The van der Waals surface area contributed by atoms with E-state index in [1.807, 2.05) is 0 Å². The molecule has 1 aromatic carbocycles. The number of amides is 1. The second kappa shape index (κ2) is 8.09. The highest BCUT2D eigenvalue weighted by atomic mass is 32.2. The van der Waals surface area contributed by atoms with Crippen molar-refractivity contribution >= 4 is 38.6 Å². The SMILES string of the molecule is Nc1ccc(C(=O)NS(=O)(=O)c2nc(N)c3ncn([C@@H]4O[C@H](CO)C(O)C4O)c3n2)c(O)c1. The van der Waals surface area contributed by atoms with Crippen LogP contribution < -0.4 is 16.2 Å². The molecule has 4 atom stereocenters. The Bertz CT molecular complexity index is 1340. The second-order valence-electron chi connectivity index (χ2n) is 7.16. The molecule has 15 nitrogen and oxygen atoms in total. The zero-order valence-corrected chi connectivity index (χ0v) is 17.4. The lowest BCUT2D eigenvalue weighted by molar-refractivity contribution is -0.0511. The standard InChI is InChI=1S/C17H19N7O8S/c18-6-1-2-7(8(26)3-6)15(29)23-33(30,31)17-21-13(19)10-14(22-17)24(5-20-10)16-12(28)11(27)9(4-25)32-16/h1-3,5,9,11-12,16,25-28H,4,18H2,(H,23,29)(H2,19,21,22)/t9-,11?,12?,16-/m1/s1. The summed E-state index contributed by atoms with van der Waals surface area (Å²) in [7, 11) is -4.68. The number of ether oxygens (including phenoxy) is 1. The number of carbonyl (C=O) groups excluding carboxylic acids is 1. The second-order valence-corrected chi connectivity index (χ2v) is 8.73. The van der Waals surface area contributed by atoms with Gasteiger partial charge in [-0.25, -0.2) is 9.71 Å². The minimum atomic E-state index is -4.68. The van der Waals surface area contributed by atoms with Crippen molar-refractivity contribution < 1.29 is 38.4 Å². The van der Waals surface area contributed by atoms with E-state index in [1.54, 1.807) is 4.72 Å². The largest absolute Gasteiger partial charge is 0.507 e. The quantitative estimate of drug-likeness (QED) is 0.146. The van der Waals surface area contributed by atoms with Gasteiger partial charge in [-0.05, 0) is 12.1 Å². The minimum absolute atomic E-state index is 0.0332. The van der Waals surface area contributed by atoms with Crippen molar-refractivity contribution in [2.75, 3.05) is 18.1 Å². The summed E-state index contributed by atoms with van der Waals surface area (Å²) in [6.45, 7) is -0.581. The molecule has 33 heavy (non-hydrogen) atoms. The summed E-state index contributed by atoms with van der Waals surface area (Å²) in [5.74, 6) is -2.07. The number of aliphatic hydroxyl groups excluding tert-OH is 3. The molecule has 9 N–H and O–H groups in total. The first kappa shape index (κ1) is 22.6. The van der Waals surface area contributed by atoms with Crippen molar-refractivity contribution in [1.29, 1.82) is 0 Å². The highest BCUT2D eigenvalue weighted by Crippen LogP contribution is 2.32. The molecule has 0 spiro atoms. The molecular weight excluding hydrogens is 462 g/mol. The van der Waals surface area contributed by atoms with Gasteiger partial charge in [0.05, 0.1) is 18.5 Å². The maximum absolute atomic E-state index is 12.8. The van der Waals surface area contributed by atoms with E-state index in [-0.39, 0.29) is 28.2 Å². The van der Waals surface area contributed by atoms with Crippen molar-refractivity contribution in [3.05, 3.63) is 30.1 Å². The normalized spacial score (nSPS) is 23.1. The number of nitrogens with two attached hydrogens (primary N) is 2. The van der Waals surface area contributed by atoms with Gasteiger partial charge in [-0.2, -0.15) is 18.4 Å². The molecule has 3 heterocycles. The number of hydrogen-bond donors (Lipinski definition) is 7. The Hall–Kier alpha value is -3.57. The third-order valence-corrected chi connectivity index (χ3v) is 6.07. The molecule has 1 fully saturated rings. The number of phenolic OH excluding ortho intramolecular Hbond substituents is 1. The molecule has 1 amide bonds. The highest BCUT2D eigenvalue weighted by Gasteiger charge is 2.44. The van der Waals surface area contributed by atoms with E-state index in [1.165, 1.54) is 6.07 Å². The number of imidazole rings is 1. The topological polar surface area (TPSA) is 249 Å². The van der Waals surface area contributed by atoms with Gasteiger partial charge in [-0.3, -0.25) is 9.36 Å². The summed E-state index contributed by atoms with van der Waals surface area (Å²) >= 11 is 0. The number of phenols is 1. The van der Waals surface area contributed by atoms with E-state index in [4.69, 9.17) is 16.2 Å². The molecule has 2 aromatic heterocycles. The van der Waals surface area contributed by atoms with Crippen molar-refractivity contribution in [1.82, 2.24) is 24.2 Å². The van der Waals surface area contributed by atoms with Gasteiger partial charge >= 0.3 is 0 Å². The first-order valence-electron chi connectivity index (χ1n) is 9.31. The number of nitrogens with zero attached hydrogens (tertiary/aromatic N) is 4. The fourth-order valence-electron chi connectivity index (χ4n) is 3.30. The van der Waals surface area contributed by atoms with Crippen molar-refractivity contribution in [2.45, 2.75) is 29.7 Å². The van der Waals surface area contributed by atoms with Crippen LogP contribution in [0, 0.1) is 0 Å². The van der Waals surface area contributed by atoms with Crippen LogP contribution in [-0.2, 0) is 14.8 Å². The van der Waals surface area contributed by atoms with E-state index < -0.39 is 58.0 Å². The van der Waals surface area contributed by atoms with E-state index in [0.29, 0.717) is 0 Å². The van der Waals surface area contributed by atoms with Crippen molar-refractivity contribution in [3.8, 4) is 5.75 Å². The number of carbonyl (C=O) groups is 1. The molecule has 0 bridgehead atoms. The summed E-state index contributed by atoms with van der Waals surface area (Å²) in [6, 6.07) is 3.49. The molecule has 0 radical (unpaired) electrons. The van der Waals surface area contributed by atoms with Gasteiger partial charge in [-0.15, -0.1) is 0 Å². The van der Waals surface area contributed by atoms with Crippen LogP contribution in [0.5, 0.6) is 5.75 Å². The summed E-state index contributed by atoms with van der Waals surface area (Å²) in [6.07, 6.45) is -4.15. The highest BCUT2D eigenvalue weighted by molar-refractivity contribution is 7.89. The van der Waals surface area contributed by atoms with E-state index in [9.17, 15) is 33.6 Å². The zero-order chi connectivity index (χ0) is 24.1. The van der Waals surface area contributed by atoms with Crippen LogP contribution in [0.4, 0.5) is 11.5 Å². The fourth-order valence-corrected chi connectivity index (χ4v) is 4.17. The molecule has 176 valence electrons. The lowest BCUT2D eigenvalue weighted by Crippen LogP contribution is -2.33. The van der Waals surface area contributed by atoms with Crippen molar-refractivity contribution in [3.63, 3.8) is 0 Å². The van der Waals surface area contributed by atoms with Crippen LogP contribution in [0.25, 0.3) is 11.2 Å². The summed E-state index contributed by atoms with van der Waals surface area (Å²) in [4.78, 5) is 23.9. The first-order chi connectivity index (χ1) is 15.5. The van der Waals surface area contributed by atoms with Gasteiger partial charge in [0.2, 0.25) is 0 Å². The van der Waals surface area contributed by atoms with Gasteiger partial charge in [0.1, 0.15) is 29.6 Å². The molecule has 0 aliphatic carbocycles. The third kappa shape index (κ3) is 3.89. The third-order valence-electron chi connectivity index (χ3n) is 4.95. The lowest BCUT2D eigenvalue weighted by Gasteiger charge is -2.16. The fraction of sp³-hybridized carbons (Fsp3) is 0.294. The Morgan fingerprint density at radius 2 is 1.94 bits per heavy atom. The van der Waals surface area contributed by atoms with Gasteiger partial charge in [-0.1, -0.05) is 0 Å². The Kier molecular flexibility index (Phi) is 5.54. The van der Waals surface area contributed by atoms with Gasteiger partial charge in [0.25, 0.3) is 21.1 Å². The van der Waals surface area contributed by atoms with E-state index in [2.05, 4.69) is 15.0 Å². The van der Waals surface area contributed by atoms with Gasteiger partial charge in [0.15, 0.2) is 17.7 Å². The van der Waals surface area contributed by atoms with Gasteiger partial charge in [0, 0.05) is 11.8 Å². The molecule has 3 aromatic rings. The van der Waals surface area contributed by atoms with Crippen LogP contribution in [0.2, 0.25) is 0 Å². The first-order valence-corrected chi connectivity index (χ1v) is 10.8. The summed E-state index contributed by atoms with van der Waals surface area (Å²) < 4.78 is 33.8. The monoisotopic (exact) mass is 481 g/mol. The summed E-state index contributed by atoms with van der Waals surface area (Å²) in [5, 5.41) is 38.5. The smallest absolute Gasteiger partial charge is 0.300 e. The number of nitrogen functional groups attached to an aromatic ring is 2. The predicted molar refractivity (Wildman–Crippen MR) is 110 cm³/mol. The number of nitrogens with one attached hydrogen (secondary N) is 1. The average Bonchev–Trinajstić information content (AvgIpc) is 3.29. The maximum atomic E-state index is 12.8. The lowest BCUT2D eigenvalue weighted by atomic mass is 10.1. The van der Waals surface area contributed by atoms with Crippen LogP contribution in [0.3, 0.4) is 0 Å². The molecule has 16 heteroatoms. The molecule has 4 rings (SSSR count). The number of aromatic nitrogens is 4. The number of hydrogen-bond acceptors (Lipinski definition) is 13. The molecular formula is C17H19N7O8S. The molecule has 0 saturated carbocycles. The van der Waals surface area contributed by atoms with Crippen LogP contribution >= 0.6 is 0 Å². The van der Waals surface area contributed by atoms with Gasteiger partial charge < -0.3 is 36.6 Å². The number of benzene rings is 1. The van der Waals surface area contributed by atoms with E-state index in [0.717, 1.165) is 23.0 Å². The number of aromatic hydroxyl groups is 1. The number of sulfonamides is 1. The Balaban J connectivity index is 1.71. The van der Waals surface area contributed by atoms with Crippen LogP contribution in [-0.4, -0.2) is 79.2 Å². The Labute approximate surface area is 185 Å². The zero-order valence-electron chi connectivity index (χ0n) is 16.6. The van der Waals surface area contributed by atoms with Crippen LogP contribution in [0.15, 0.2) is 29.7 Å². The van der Waals surface area contributed by atoms with Crippen molar-refractivity contribution in [2.24, 2.45) is 0 Å². The number of aliphatic hydroxyl groups is 3. The van der Waals surface area contributed by atoms with Crippen LogP contribution in [0.1, 0.15) is 16.6 Å². The summed E-state index contributed by atoms with van der Waals surface area (Å²) in [5.41, 5.74) is 10.9. The molecule has 2 unspecified atom stereocenters. The maximum Gasteiger partial charge on any atom is 0.300 e. The molecule has 1 aliphatic heterocycles. The molecule has 1 saturated heterocycles. The molecule has 1 aliphatic rings. The number of fused-ring (bicyclic) bond motifs is 1. The van der Waals surface area contributed by atoms with E-state index >= 15 is 0 Å². The Morgan fingerprint density at radius 1 is 1.21 bits per heavy atom.